The topological polar surface area (TPSA) is 63.7 Å². The summed E-state index contributed by atoms with van der Waals surface area (Å²) in [5, 5.41) is 6.35. The summed E-state index contributed by atoms with van der Waals surface area (Å²) in [6, 6.07) is 10.7. The van der Waals surface area contributed by atoms with Crippen LogP contribution in [0, 0.1) is 6.92 Å². The molecule has 2 saturated heterocycles. The Morgan fingerprint density at radius 2 is 1.90 bits per heavy atom. The van der Waals surface area contributed by atoms with Crippen LogP contribution in [0.3, 0.4) is 0 Å². The van der Waals surface area contributed by atoms with E-state index in [2.05, 4.69) is 62.6 Å². The standard InChI is InChI=1S/C22H28N6O/c1-16-2-4-18(5-3-16)27-10-8-26(9-11-27)15-17-12-19-21(24-13-17)28-7-6-23-14-20(28)22(29)25-19/h2-5,12-13,20,23H,6-11,14-15H2,1H3,(H,25,29). The van der Waals surface area contributed by atoms with E-state index in [1.54, 1.807) is 0 Å². The number of fused-ring (bicyclic) bond motifs is 3. The predicted octanol–water partition coefficient (Wildman–Crippen LogP) is 1.44. The van der Waals surface area contributed by atoms with Crippen molar-refractivity contribution in [3.05, 3.63) is 47.7 Å². The van der Waals surface area contributed by atoms with E-state index in [-0.39, 0.29) is 11.9 Å². The Morgan fingerprint density at radius 3 is 2.69 bits per heavy atom. The Balaban J connectivity index is 1.24. The molecule has 0 saturated carbocycles. The molecular formula is C22H28N6O. The fourth-order valence-electron chi connectivity index (χ4n) is 4.49. The van der Waals surface area contributed by atoms with Crippen molar-refractivity contribution in [2.45, 2.75) is 19.5 Å². The number of aryl methyl sites for hydroxylation is 1. The van der Waals surface area contributed by atoms with Gasteiger partial charge in [0.1, 0.15) is 6.04 Å². The molecule has 0 aliphatic carbocycles. The first-order chi connectivity index (χ1) is 14.2. The van der Waals surface area contributed by atoms with E-state index >= 15 is 0 Å². The number of pyridine rings is 1. The summed E-state index contributed by atoms with van der Waals surface area (Å²) in [6.45, 7) is 9.48. The summed E-state index contributed by atoms with van der Waals surface area (Å²) < 4.78 is 0. The smallest absolute Gasteiger partial charge is 0.248 e. The first-order valence-corrected chi connectivity index (χ1v) is 10.5. The van der Waals surface area contributed by atoms with Gasteiger partial charge in [-0.25, -0.2) is 4.98 Å². The van der Waals surface area contributed by atoms with Gasteiger partial charge in [-0.15, -0.1) is 0 Å². The molecule has 152 valence electrons. The van der Waals surface area contributed by atoms with Crippen LogP contribution >= 0.6 is 0 Å². The molecule has 1 aromatic heterocycles. The number of nitrogens with zero attached hydrogens (tertiary/aromatic N) is 4. The normalized spacial score (nSPS) is 22.1. The minimum Gasteiger partial charge on any atom is -0.369 e. The maximum Gasteiger partial charge on any atom is 0.248 e. The molecule has 1 aromatic carbocycles. The van der Waals surface area contributed by atoms with Gasteiger partial charge < -0.3 is 20.4 Å². The summed E-state index contributed by atoms with van der Waals surface area (Å²) in [5.74, 6) is 0.972. The molecule has 29 heavy (non-hydrogen) atoms. The van der Waals surface area contributed by atoms with Gasteiger partial charge >= 0.3 is 0 Å². The summed E-state index contributed by atoms with van der Waals surface area (Å²) in [4.78, 5) is 24.2. The minimum atomic E-state index is -0.149. The van der Waals surface area contributed by atoms with Crippen molar-refractivity contribution in [3.8, 4) is 0 Å². The summed E-state index contributed by atoms with van der Waals surface area (Å²) in [5.41, 5.74) is 4.61. The molecule has 0 spiro atoms. The number of hydrogen-bond acceptors (Lipinski definition) is 6. The van der Waals surface area contributed by atoms with E-state index < -0.39 is 0 Å². The molecule has 4 heterocycles. The highest BCUT2D eigenvalue weighted by atomic mass is 16.2. The highest BCUT2D eigenvalue weighted by molar-refractivity contribution is 6.03. The number of carbonyl (C=O) groups is 1. The first-order valence-electron chi connectivity index (χ1n) is 10.5. The van der Waals surface area contributed by atoms with Gasteiger partial charge in [-0.3, -0.25) is 9.69 Å². The SMILES string of the molecule is Cc1ccc(N2CCN(Cc3cnc4c(c3)NC(=O)C3CNCCN43)CC2)cc1. The van der Waals surface area contributed by atoms with Crippen LogP contribution in [0.2, 0.25) is 0 Å². The van der Waals surface area contributed by atoms with Crippen LogP contribution in [-0.2, 0) is 11.3 Å². The van der Waals surface area contributed by atoms with Gasteiger partial charge in [-0.05, 0) is 30.7 Å². The van der Waals surface area contributed by atoms with Crippen LogP contribution in [-0.4, -0.2) is 67.6 Å². The largest absolute Gasteiger partial charge is 0.369 e. The lowest BCUT2D eigenvalue weighted by Crippen LogP contribution is -2.59. The minimum absolute atomic E-state index is 0.0652. The maximum atomic E-state index is 12.4. The van der Waals surface area contributed by atoms with E-state index in [0.717, 1.165) is 62.9 Å². The molecule has 7 heteroatoms. The number of carbonyl (C=O) groups excluding carboxylic acids is 1. The van der Waals surface area contributed by atoms with Crippen molar-refractivity contribution in [2.75, 3.05) is 60.9 Å². The zero-order chi connectivity index (χ0) is 19.8. The third-order valence-electron chi connectivity index (χ3n) is 6.18. The number of piperazine rings is 2. The average Bonchev–Trinajstić information content (AvgIpc) is 2.75. The number of nitrogens with one attached hydrogen (secondary N) is 2. The second-order valence-electron chi connectivity index (χ2n) is 8.22. The molecule has 2 fully saturated rings. The molecule has 5 rings (SSSR count). The Kier molecular flexibility index (Phi) is 4.85. The fourth-order valence-corrected chi connectivity index (χ4v) is 4.49. The second-order valence-corrected chi connectivity index (χ2v) is 8.22. The van der Waals surface area contributed by atoms with Crippen LogP contribution in [0.15, 0.2) is 36.5 Å². The van der Waals surface area contributed by atoms with Gasteiger partial charge in [0, 0.05) is 64.2 Å². The van der Waals surface area contributed by atoms with Crippen molar-refractivity contribution < 1.29 is 4.79 Å². The lowest BCUT2D eigenvalue weighted by molar-refractivity contribution is -0.117. The lowest BCUT2D eigenvalue weighted by Gasteiger charge is -2.40. The number of rotatable bonds is 3. The summed E-state index contributed by atoms with van der Waals surface area (Å²) in [7, 11) is 0. The maximum absolute atomic E-state index is 12.4. The monoisotopic (exact) mass is 392 g/mol. The van der Waals surface area contributed by atoms with Gasteiger partial charge in [0.05, 0.1) is 5.69 Å². The molecule has 7 nitrogen and oxygen atoms in total. The van der Waals surface area contributed by atoms with Crippen molar-refractivity contribution >= 4 is 23.1 Å². The van der Waals surface area contributed by atoms with E-state index in [9.17, 15) is 4.79 Å². The molecule has 0 bridgehead atoms. The van der Waals surface area contributed by atoms with Gasteiger partial charge in [0.2, 0.25) is 5.91 Å². The van der Waals surface area contributed by atoms with Gasteiger partial charge in [0.25, 0.3) is 0 Å². The molecule has 1 unspecified atom stereocenters. The first kappa shape index (κ1) is 18.4. The van der Waals surface area contributed by atoms with Crippen molar-refractivity contribution in [2.24, 2.45) is 0 Å². The molecule has 2 aromatic rings. The third-order valence-corrected chi connectivity index (χ3v) is 6.18. The van der Waals surface area contributed by atoms with Gasteiger partial charge in [-0.1, -0.05) is 17.7 Å². The van der Waals surface area contributed by atoms with Crippen molar-refractivity contribution in [3.63, 3.8) is 0 Å². The van der Waals surface area contributed by atoms with E-state index in [4.69, 9.17) is 4.98 Å². The van der Waals surface area contributed by atoms with Crippen LogP contribution in [0.5, 0.6) is 0 Å². The predicted molar refractivity (Wildman–Crippen MR) is 116 cm³/mol. The molecule has 3 aliphatic heterocycles. The Morgan fingerprint density at radius 1 is 1.10 bits per heavy atom. The van der Waals surface area contributed by atoms with Gasteiger partial charge in [0.15, 0.2) is 5.82 Å². The van der Waals surface area contributed by atoms with Gasteiger partial charge in [-0.2, -0.15) is 0 Å². The highest BCUT2D eigenvalue weighted by Gasteiger charge is 2.35. The van der Waals surface area contributed by atoms with E-state index in [0.29, 0.717) is 6.54 Å². The Labute approximate surface area is 171 Å². The second kappa shape index (κ2) is 7.65. The number of hydrogen-bond donors (Lipinski definition) is 2. The molecular weight excluding hydrogens is 364 g/mol. The molecule has 3 aliphatic rings. The van der Waals surface area contributed by atoms with Crippen molar-refractivity contribution in [1.29, 1.82) is 0 Å². The summed E-state index contributed by atoms with van der Waals surface area (Å²) >= 11 is 0. The highest BCUT2D eigenvalue weighted by Crippen LogP contribution is 2.31. The number of benzene rings is 1. The van der Waals surface area contributed by atoms with Crippen LogP contribution < -0.4 is 20.4 Å². The van der Waals surface area contributed by atoms with Crippen molar-refractivity contribution in [1.82, 2.24) is 15.2 Å². The quantitative estimate of drug-likeness (QED) is 0.824. The van der Waals surface area contributed by atoms with Crippen LogP contribution in [0.4, 0.5) is 17.2 Å². The summed E-state index contributed by atoms with van der Waals surface area (Å²) in [6.07, 6.45) is 1.97. The lowest BCUT2D eigenvalue weighted by atomic mass is 10.1. The number of anilines is 3. The molecule has 1 amide bonds. The Hall–Kier alpha value is -2.64. The zero-order valence-electron chi connectivity index (χ0n) is 16.9. The number of aromatic nitrogens is 1. The van der Waals surface area contributed by atoms with Crippen LogP contribution in [0.25, 0.3) is 0 Å². The number of amides is 1. The molecule has 0 radical (unpaired) electrons. The van der Waals surface area contributed by atoms with Crippen LogP contribution in [0.1, 0.15) is 11.1 Å². The average molecular weight is 393 g/mol. The third kappa shape index (κ3) is 3.68. The Bertz CT molecular complexity index is 891. The molecule has 2 N–H and O–H groups in total. The van der Waals surface area contributed by atoms with E-state index in [1.165, 1.54) is 11.3 Å². The zero-order valence-corrected chi connectivity index (χ0v) is 16.9. The molecule has 1 atom stereocenters. The van der Waals surface area contributed by atoms with E-state index in [1.807, 2.05) is 6.20 Å². The fraction of sp³-hybridized carbons (Fsp3) is 0.455.